The highest BCUT2D eigenvalue weighted by molar-refractivity contribution is 7.91. The van der Waals surface area contributed by atoms with Crippen LogP contribution in [0.2, 0.25) is 5.02 Å². The van der Waals surface area contributed by atoms with Crippen LogP contribution in [-0.4, -0.2) is 42.0 Å². The van der Waals surface area contributed by atoms with E-state index in [1.54, 1.807) is 5.38 Å². The Kier molecular flexibility index (Phi) is 10.8. The number of aromatic nitrogens is 3. The van der Waals surface area contributed by atoms with Gasteiger partial charge in [-0.05, 0) is 30.4 Å². The summed E-state index contributed by atoms with van der Waals surface area (Å²) in [6, 6.07) is 6.02. The van der Waals surface area contributed by atoms with Crippen LogP contribution in [0, 0.1) is 5.92 Å². The number of hydrogen-bond acceptors (Lipinski definition) is 7. The Labute approximate surface area is 237 Å². The molecule has 0 fully saturated rings. The molecule has 6 nitrogen and oxygen atoms in total. The van der Waals surface area contributed by atoms with Crippen molar-refractivity contribution in [1.29, 1.82) is 0 Å². The molecule has 2 aromatic heterocycles. The molecule has 2 heterocycles. The van der Waals surface area contributed by atoms with Crippen LogP contribution in [-0.2, 0) is 22.0 Å². The maximum absolute atomic E-state index is 12.8. The molecule has 39 heavy (non-hydrogen) atoms. The molecule has 0 atom stereocenters. The van der Waals surface area contributed by atoms with Crippen LogP contribution >= 0.6 is 22.9 Å². The third-order valence-electron chi connectivity index (χ3n) is 5.98. The summed E-state index contributed by atoms with van der Waals surface area (Å²) >= 11 is 7.75. The van der Waals surface area contributed by atoms with Crippen molar-refractivity contribution in [1.82, 2.24) is 15.0 Å². The van der Waals surface area contributed by atoms with Crippen molar-refractivity contribution >= 4 is 38.6 Å². The van der Waals surface area contributed by atoms with Gasteiger partial charge in [-0.2, -0.15) is 13.2 Å². The second kappa shape index (κ2) is 13.4. The maximum Gasteiger partial charge on any atom is 0.497 e. The lowest BCUT2D eigenvalue weighted by atomic mass is 10.1. The fourth-order valence-electron chi connectivity index (χ4n) is 3.92. The van der Waals surface area contributed by atoms with Crippen LogP contribution in [0.4, 0.5) is 19.0 Å². The fraction of sp³-hybridized carbons (Fsp3) is 0.519. The number of rotatable bonds is 13. The number of unbranched alkanes of at least 4 members (excludes halogenated alkanes) is 2. The van der Waals surface area contributed by atoms with Crippen LogP contribution in [0.25, 0.3) is 22.0 Å². The molecule has 0 N–H and O–H groups in total. The third kappa shape index (κ3) is 8.38. The Morgan fingerprint density at radius 1 is 1.00 bits per heavy atom. The van der Waals surface area contributed by atoms with E-state index in [2.05, 4.69) is 32.6 Å². The largest absolute Gasteiger partial charge is 0.497 e. The van der Waals surface area contributed by atoms with Gasteiger partial charge < -0.3 is 4.90 Å². The molecule has 0 aliphatic carbocycles. The normalized spacial score (nSPS) is 12.3. The highest BCUT2D eigenvalue weighted by Gasteiger charge is 2.45. The summed E-state index contributed by atoms with van der Waals surface area (Å²) in [5.41, 5.74) is -3.64. The van der Waals surface area contributed by atoms with E-state index in [1.165, 1.54) is 29.5 Å². The number of nitrogens with zero attached hydrogens (tertiary/aromatic N) is 4. The summed E-state index contributed by atoms with van der Waals surface area (Å²) < 4.78 is 61.4. The lowest BCUT2D eigenvalue weighted by Crippen LogP contribution is -2.27. The summed E-state index contributed by atoms with van der Waals surface area (Å²) in [7, 11) is -5.30. The summed E-state index contributed by atoms with van der Waals surface area (Å²) in [5.74, 6) is 0.828. The molecular formula is C27H34ClF3N4O2S2. The Hall–Kier alpha value is -2.24. The second-order valence-electron chi connectivity index (χ2n) is 9.88. The zero-order valence-corrected chi connectivity index (χ0v) is 24.9. The van der Waals surface area contributed by atoms with Crippen LogP contribution < -0.4 is 4.90 Å². The highest BCUT2D eigenvalue weighted by Crippen LogP contribution is 2.35. The van der Waals surface area contributed by atoms with Crippen molar-refractivity contribution in [2.45, 2.75) is 71.1 Å². The first kappa shape index (κ1) is 31.3. The minimum Gasteiger partial charge on any atom is -0.356 e. The first-order chi connectivity index (χ1) is 18.3. The Morgan fingerprint density at radius 2 is 1.67 bits per heavy atom. The Bertz CT molecular complexity index is 1350. The zero-order chi connectivity index (χ0) is 28.8. The average Bonchev–Trinajstić information content (AvgIpc) is 3.33. The standard InChI is InChI=1S/C27H34ClF3N4O2S2/c1-5-7-11-35(12-8-6-2)25-15-22(32-24(34-25)13-18(3)4)26-33-23(16-38-26)20-10-9-19(14-21(20)28)17-39(36,37)27(29,30)31/h9-10,14-16,18H,5-8,11-13,17H2,1-4H3. The Morgan fingerprint density at radius 3 is 2.23 bits per heavy atom. The van der Waals surface area contributed by atoms with Crippen molar-refractivity contribution in [2.24, 2.45) is 5.92 Å². The van der Waals surface area contributed by atoms with Crippen LogP contribution in [0.1, 0.15) is 64.8 Å². The minimum atomic E-state index is -5.32. The van der Waals surface area contributed by atoms with E-state index < -0.39 is 21.1 Å². The van der Waals surface area contributed by atoms with Crippen molar-refractivity contribution in [3.63, 3.8) is 0 Å². The predicted octanol–water partition coefficient (Wildman–Crippen LogP) is 7.96. The van der Waals surface area contributed by atoms with Gasteiger partial charge in [0.1, 0.15) is 22.3 Å². The first-order valence-corrected chi connectivity index (χ1v) is 15.9. The highest BCUT2D eigenvalue weighted by atomic mass is 35.5. The lowest BCUT2D eigenvalue weighted by Gasteiger charge is -2.24. The monoisotopic (exact) mass is 602 g/mol. The Balaban J connectivity index is 1.95. The van der Waals surface area contributed by atoms with Gasteiger partial charge in [-0.3, -0.25) is 0 Å². The van der Waals surface area contributed by atoms with E-state index in [0.29, 0.717) is 27.9 Å². The fourth-order valence-corrected chi connectivity index (χ4v) is 5.78. The van der Waals surface area contributed by atoms with Gasteiger partial charge in [0.15, 0.2) is 0 Å². The molecule has 0 aliphatic heterocycles. The molecule has 0 saturated heterocycles. The van der Waals surface area contributed by atoms with E-state index in [9.17, 15) is 21.6 Å². The number of benzene rings is 1. The number of anilines is 1. The third-order valence-corrected chi connectivity index (χ3v) is 8.58. The quantitative estimate of drug-likeness (QED) is 0.197. The van der Waals surface area contributed by atoms with E-state index in [0.717, 1.165) is 56.8 Å². The molecule has 1 aromatic carbocycles. The predicted molar refractivity (Wildman–Crippen MR) is 153 cm³/mol. The van der Waals surface area contributed by atoms with Gasteiger partial charge in [0.2, 0.25) is 0 Å². The summed E-state index contributed by atoms with van der Waals surface area (Å²) in [6.45, 7) is 10.4. The molecule has 0 spiro atoms. The van der Waals surface area contributed by atoms with E-state index in [1.807, 2.05) is 6.07 Å². The summed E-state index contributed by atoms with van der Waals surface area (Å²) in [4.78, 5) is 16.7. The van der Waals surface area contributed by atoms with Crippen molar-refractivity contribution in [2.75, 3.05) is 18.0 Å². The molecule has 3 rings (SSSR count). The van der Waals surface area contributed by atoms with Crippen LogP contribution in [0.15, 0.2) is 29.6 Å². The van der Waals surface area contributed by atoms with Crippen molar-refractivity contribution < 1.29 is 21.6 Å². The second-order valence-corrected chi connectivity index (χ2v) is 13.1. The van der Waals surface area contributed by atoms with Gasteiger partial charge in [0.25, 0.3) is 9.84 Å². The number of alkyl halides is 3. The number of hydrogen-bond donors (Lipinski definition) is 0. The van der Waals surface area contributed by atoms with E-state index >= 15 is 0 Å². The SMILES string of the molecule is CCCCN(CCCC)c1cc(-c2nc(-c3ccc(CS(=O)(=O)C(F)(F)F)cc3Cl)cs2)nc(CC(C)C)n1. The van der Waals surface area contributed by atoms with E-state index in [4.69, 9.17) is 26.6 Å². The number of thiazole rings is 1. The molecular weight excluding hydrogens is 569 g/mol. The van der Waals surface area contributed by atoms with Crippen LogP contribution in [0.3, 0.4) is 0 Å². The van der Waals surface area contributed by atoms with Gasteiger partial charge in [-0.25, -0.2) is 23.4 Å². The molecule has 12 heteroatoms. The first-order valence-electron chi connectivity index (χ1n) is 13.0. The maximum atomic E-state index is 12.8. The average molecular weight is 603 g/mol. The van der Waals surface area contributed by atoms with Crippen LogP contribution in [0.5, 0.6) is 0 Å². The molecule has 0 aliphatic rings. The van der Waals surface area contributed by atoms with Gasteiger partial charge in [-0.1, -0.05) is 64.3 Å². The smallest absolute Gasteiger partial charge is 0.356 e. The summed E-state index contributed by atoms with van der Waals surface area (Å²) in [6.07, 6.45) is 5.00. The number of sulfone groups is 1. The van der Waals surface area contributed by atoms with Gasteiger partial charge >= 0.3 is 5.51 Å². The molecule has 0 radical (unpaired) electrons. The molecule has 0 unspecified atom stereocenters. The molecule has 0 bridgehead atoms. The van der Waals surface area contributed by atoms with E-state index in [-0.39, 0.29) is 10.6 Å². The molecule has 3 aromatic rings. The number of halogens is 4. The van der Waals surface area contributed by atoms with Crippen molar-refractivity contribution in [3.8, 4) is 22.0 Å². The van der Waals surface area contributed by atoms with Gasteiger partial charge in [0.05, 0.1) is 16.5 Å². The lowest BCUT2D eigenvalue weighted by molar-refractivity contribution is -0.0437. The molecule has 0 amide bonds. The van der Waals surface area contributed by atoms with Gasteiger partial charge in [0, 0.05) is 36.5 Å². The minimum absolute atomic E-state index is 0.0467. The topological polar surface area (TPSA) is 76.1 Å². The molecule has 0 saturated carbocycles. The van der Waals surface area contributed by atoms with Gasteiger partial charge in [-0.15, -0.1) is 11.3 Å². The molecule has 214 valence electrons. The zero-order valence-electron chi connectivity index (χ0n) is 22.6. The van der Waals surface area contributed by atoms with Crippen molar-refractivity contribution in [3.05, 3.63) is 46.1 Å². The summed E-state index contributed by atoms with van der Waals surface area (Å²) in [5, 5.41) is 2.60.